The highest BCUT2D eigenvalue weighted by Crippen LogP contribution is 2.37. The molecule has 4 fully saturated rings. The Bertz CT molecular complexity index is 532. The van der Waals surface area contributed by atoms with E-state index >= 15 is 0 Å². The quantitative estimate of drug-likeness (QED) is 0.745. The van der Waals surface area contributed by atoms with Crippen molar-refractivity contribution in [1.29, 1.82) is 0 Å². The molecule has 0 saturated carbocycles. The van der Waals surface area contributed by atoms with Crippen molar-refractivity contribution >= 4 is 11.8 Å². The van der Waals surface area contributed by atoms with Gasteiger partial charge in [-0.25, -0.2) is 0 Å². The molecule has 0 aliphatic carbocycles. The van der Waals surface area contributed by atoms with Gasteiger partial charge in [0.2, 0.25) is 11.8 Å². The summed E-state index contributed by atoms with van der Waals surface area (Å²) in [7, 11) is 0. The molecule has 2 amide bonds. The molecule has 0 aromatic heterocycles. The van der Waals surface area contributed by atoms with Gasteiger partial charge < -0.3 is 9.80 Å². The normalized spacial score (nSPS) is 33.3. The Balaban J connectivity index is 1.30. The van der Waals surface area contributed by atoms with Crippen molar-refractivity contribution in [2.45, 2.75) is 45.1 Å². The zero-order valence-electron chi connectivity index (χ0n) is 16.2. The van der Waals surface area contributed by atoms with Gasteiger partial charge >= 0.3 is 0 Å². The first kappa shape index (κ1) is 18.2. The minimum Gasteiger partial charge on any atom is -0.339 e. The molecule has 26 heavy (non-hydrogen) atoms. The molecule has 6 nitrogen and oxygen atoms in total. The van der Waals surface area contributed by atoms with Crippen molar-refractivity contribution in [3.8, 4) is 0 Å². The van der Waals surface area contributed by atoms with Crippen LogP contribution >= 0.6 is 0 Å². The van der Waals surface area contributed by atoms with Gasteiger partial charge in [0.15, 0.2) is 0 Å². The molecule has 4 aliphatic heterocycles. The van der Waals surface area contributed by atoms with Crippen LogP contribution in [-0.2, 0) is 9.59 Å². The van der Waals surface area contributed by atoms with Gasteiger partial charge in [-0.15, -0.1) is 0 Å². The van der Waals surface area contributed by atoms with Crippen LogP contribution in [0.4, 0.5) is 0 Å². The number of piperazine rings is 1. The zero-order valence-corrected chi connectivity index (χ0v) is 16.2. The van der Waals surface area contributed by atoms with Gasteiger partial charge in [0.25, 0.3) is 0 Å². The van der Waals surface area contributed by atoms with Crippen molar-refractivity contribution in [2.75, 3.05) is 58.9 Å². The largest absolute Gasteiger partial charge is 0.339 e. The van der Waals surface area contributed by atoms with E-state index in [-0.39, 0.29) is 0 Å². The molecule has 4 saturated heterocycles. The number of carbonyl (C=O) groups excluding carboxylic acids is 2. The number of nitrogens with zero attached hydrogens (tertiary/aromatic N) is 4. The number of hydrogen-bond donors (Lipinski definition) is 0. The van der Waals surface area contributed by atoms with Gasteiger partial charge in [0, 0.05) is 58.3 Å². The molecule has 3 atom stereocenters. The Morgan fingerprint density at radius 1 is 1.08 bits per heavy atom. The Morgan fingerprint density at radius 2 is 1.88 bits per heavy atom. The Hall–Kier alpha value is -1.14. The molecule has 0 radical (unpaired) electrons. The fourth-order valence-corrected chi connectivity index (χ4v) is 5.67. The van der Waals surface area contributed by atoms with Crippen molar-refractivity contribution < 1.29 is 9.59 Å². The van der Waals surface area contributed by atoms with Crippen LogP contribution in [0.5, 0.6) is 0 Å². The van der Waals surface area contributed by atoms with E-state index in [1.807, 2.05) is 0 Å². The number of fused-ring (bicyclic) bond motifs is 4. The van der Waals surface area contributed by atoms with Gasteiger partial charge in [0.05, 0.1) is 6.54 Å². The number of carbonyl (C=O) groups is 2. The second-order valence-electron chi connectivity index (χ2n) is 8.78. The summed E-state index contributed by atoms with van der Waals surface area (Å²) in [6, 6.07) is 0.433. The highest BCUT2D eigenvalue weighted by atomic mass is 16.2. The number of rotatable bonds is 4. The van der Waals surface area contributed by atoms with Gasteiger partial charge in [-0.2, -0.15) is 0 Å². The predicted molar refractivity (Wildman–Crippen MR) is 101 cm³/mol. The lowest BCUT2D eigenvalue weighted by Crippen LogP contribution is -2.61. The second kappa shape index (κ2) is 7.85. The average molecular weight is 363 g/mol. The maximum atomic E-state index is 12.8. The van der Waals surface area contributed by atoms with E-state index in [0.717, 1.165) is 71.6 Å². The lowest BCUT2D eigenvalue weighted by molar-refractivity contribution is -0.147. The lowest BCUT2D eigenvalue weighted by Gasteiger charge is -2.52. The van der Waals surface area contributed by atoms with E-state index < -0.39 is 0 Å². The van der Waals surface area contributed by atoms with E-state index in [9.17, 15) is 9.59 Å². The van der Waals surface area contributed by atoms with Crippen LogP contribution in [0.25, 0.3) is 0 Å². The van der Waals surface area contributed by atoms with Crippen LogP contribution in [-0.4, -0.2) is 96.4 Å². The molecule has 146 valence electrons. The van der Waals surface area contributed by atoms with Crippen LogP contribution in [0, 0.1) is 11.8 Å². The van der Waals surface area contributed by atoms with E-state index in [1.165, 1.54) is 12.8 Å². The van der Waals surface area contributed by atoms with Crippen LogP contribution in [0.15, 0.2) is 0 Å². The van der Waals surface area contributed by atoms with Crippen LogP contribution in [0.1, 0.15) is 39.0 Å². The molecule has 0 spiro atoms. The van der Waals surface area contributed by atoms with Crippen molar-refractivity contribution in [1.82, 2.24) is 19.6 Å². The summed E-state index contributed by atoms with van der Waals surface area (Å²) in [5.41, 5.74) is 0. The van der Waals surface area contributed by atoms with Crippen LogP contribution in [0.2, 0.25) is 0 Å². The highest BCUT2D eigenvalue weighted by Gasteiger charge is 2.44. The topological polar surface area (TPSA) is 47.1 Å². The van der Waals surface area contributed by atoms with E-state index in [0.29, 0.717) is 36.2 Å². The number of hydrogen-bond acceptors (Lipinski definition) is 4. The number of amides is 2. The van der Waals surface area contributed by atoms with Crippen LogP contribution < -0.4 is 0 Å². The molecular formula is C20H34N4O2. The first-order chi connectivity index (χ1) is 12.6. The molecule has 2 bridgehead atoms. The molecule has 0 aromatic carbocycles. The summed E-state index contributed by atoms with van der Waals surface area (Å²) >= 11 is 0. The number of likely N-dealkylation sites (tertiary alicyclic amines) is 1. The van der Waals surface area contributed by atoms with Crippen molar-refractivity contribution in [3.63, 3.8) is 0 Å². The summed E-state index contributed by atoms with van der Waals surface area (Å²) in [5.74, 6) is 1.80. The van der Waals surface area contributed by atoms with Gasteiger partial charge in [-0.3, -0.25) is 19.4 Å². The SMILES string of the molecule is CCCN1CCN(C(=O)CN2C[C@H]3C[C@H](C2)[C@H]2CCCC(=O)N2C3)CC1. The summed E-state index contributed by atoms with van der Waals surface area (Å²) in [5, 5.41) is 0. The predicted octanol–water partition coefficient (Wildman–Crippen LogP) is 0.873. The fourth-order valence-electron chi connectivity index (χ4n) is 5.67. The van der Waals surface area contributed by atoms with Gasteiger partial charge in [-0.05, 0) is 44.1 Å². The third kappa shape index (κ3) is 3.77. The molecule has 4 rings (SSSR count). The first-order valence-electron chi connectivity index (χ1n) is 10.7. The van der Waals surface area contributed by atoms with Crippen molar-refractivity contribution in [2.24, 2.45) is 11.8 Å². The van der Waals surface area contributed by atoms with E-state index in [1.54, 1.807) is 0 Å². The van der Waals surface area contributed by atoms with Crippen molar-refractivity contribution in [3.05, 3.63) is 0 Å². The molecular weight excluding hydrogens is 328 g/mol. The summed E-state index contributed by atoms with van der Waals surface area (Å²) in [6.45, 7) is 10.6. The summed E-state index contributed by atoms with van der Waals surface area (Å²) in [4.78, 5) is 34.1. The highest BCUT2D eigenvalue weighted by molar-refractivity contribution is 5.78. The Kier molecular flexibility index (Phi) is 5.50. The van der Waals surface area contributed by atoms with E-state index in [2.05, 4.69) is 26.5 Å². The molecule has 0 unspecified atom stereocenters. The third-order valence-corrected chi connectivity index (χ3v) is 6.88. The minimum absolute atomic E-state index is 0.303. The molecule has 0 N–H and O–H groups in total. The smallest absolute Gasteiger partial charge is 0.236 e. The monoisotopic (exact) mass is 362 g/mol. The fraction of sp³-hybridized carbons (Fsp3) is 0.900. The van der Waals surface area contributed by atoms with Crippen LogP contribution in [0.3, 0.4) is 0 Å². The molecule has 6 heteroatoms. The summed E-state index contributed by atoms with van der Waals surface area (Å²) in [6.07, 6.45) is 5.37. The third-order valence-electron chi connectivity index (χ3n) is 6.88. The molecule has 4 heterocycles. The molecule has 4 aliphatic rings. The molecule has 0 aromatic rings. The second-order valence-corrected chi connectivity index (χ2v) is 8.78. The van der Waals surface area contributed by atoms with E-state index in [4.69, 9.17) is 0 Å². The maximum Gasteiger partial charge on any atom is 0.236 e. The zero-order chi connectivity index (χ0) is 18.1. The number of piperidine rings is 3. The average Bonchev–Trinajstić information content (AvgIpc) is 2.63. The Labute approximate surface area is 157 Å². The Morgan fingerprint density at radius 3 is 2.65 bits per heavy atom. The first-order valence-corrected chi connectivity index (χ1v) is 10.7. The minimum atomic E-state index is 0.303. The van der Waals surface area contributed by atoms with Gasteiger partial charge in [-0.1, -0.05) is 6.92 Å². The summed E-state index contributed by atoms with van der Waals surface area (Å²) < 4.78 is 0. The standard InChI is InChI=1S/C20H34N4O2/c1-2-6-21-7-9-23(10-8-21)20(26)15-22-12-16-11-17(14-22)18-4-3-5-19(25)24(18)13-16/h16-18H,2-15H2,1H3/t16-,17-,18-/m1/s1. The lowest BCUT2D eigenvalue weighted by atomic mass is 9.76. The van der Waals surface area contributed by atoms with Gasteiger partial charge in [0.1, 0.15) is 0 Å². The maximum absolute atomic E-state index is 12.8.